The summed E-state index contributed by atoms with van der Waals surface area (Å²) < 4.78 is 2.69. The van der Waals surface area contributed by atoms with Crippen molar-refractivity contribution in [3.63, 3.8) is 0 Å². The van der Waals surface area contributed by atoms with Crippen molar-refractivity contribution in [1.82, 2.24) is 25.1 Å². The maximum absolute atomic E-state index is 12.7. The first-order valence-corrected chi connectivity index (χ1v) is 10.3. The quantitative estimate of drug-likeness (QED) is 0.636. The second-order valence-electron chi connectivity index (χ2n) is 6.92. The van der Waals surface area contributed by atoms with E-state index in [1.165, 1.54) is 0 Å². The third-order valence-electron chi connectivity index (χ3n) is 5.07. The number of carbonyl (C=O) groups excluding carboxylic acids is 1. The highest BCUT2D eigenvalue weighted by atomic mass is 79.9. The molecule has 1 saturated heterocycles. The molecule has 4 rings (SSSR count). The number of nitrogens with one attached hydrogen (secondary N) is 1. The Morgan fingerprint density at radius 2 is 1.83 bits per heavy atom. The van der Waals surface area contributed by atoms with E-state index in [-0.39, 0.29) is 11.9 Å². The van der Waals surface area contributed by atoms with Crippen molar-refractivity contribution in [2.24, 2.45) is 0 Å². The highest BCUT2D eigenvalue weighted by molar-refractivity contribution is 9.10. The lowest BCUT2D eigenvalue weighted by Gasteiger charge is -2.37. The Labute approximate surface area is 177 Å². The molecule has 150 valence electrons. The van der Waals surface area contributed by atoms with E-state index in [1.807, 2.05) is 61.5 Å². The number of carbonyl (C=O) groups is 1. The van der Waals surface area contributed by atoms with Gasteiger partial charge in [0.15, 0.2) is 0 Å². The van der Waals surface area contributed by atoms with Crippen molar-refractivity contribution in [2.45, 2.75) is 13.0 Å². The molecule has 0 radical (unpaired) electrons. The third-order valence-corrected chi connectivity index (χ3v) is 5.56. The molecule has 29 heavy (non-hydrogen) atoms. The van der Waals surface area contributed by atoms with Crippen LogP contribution in [0.15, 0.2) is 59.1 Å². The van der Waals surface area contributed by atoms with Crippen molar-refractivity contribution < 1.29 is 4.79 Å². The molecule has 1 unspecified atom stereocenters. The minimum atomic E-state index is -0.221. The molecule has 0 saturated carbocycles. The molecule has 0 bridgehead atoms. The zero-order chi connectivity index (χ0) is 20.2. The number of benzene rings is 2. The number of hydrogen-bond acceptors (Lipinski definition) is 6. The van der Waals surface area contributed by atoms with Gasteiger partial charge in [-0.25, -0.2) is 0 Å². The second-order valence-corrected chi connectivity index (χ2v) is 7.84. The van der Waals surface area contributed by atoms with Crippen LogP contribution in [0.3, 0.4) is 0 Å². The van der Waals surface area contributed by atoms with E-state index in [2.05, 4.69) is 46.6 Å². The number of amides is 1. The minimum absolute atomic E-state index is 0.00864. The molecule has 1 aromatic heterocycles. The molecule has 8 nitrogen and oxygen atoms in total. The van der Waals surface area contributed by atoms with E-state index in [9.17, 15) is 4.79 Å². The molecule has 0 spiro atoms. The van der Waals surface area contributed by atoms with Crippen LogP contribution in [0.25, 0.3) is 5.69 Å². The monoisotopic (exact) mass is 455 g/mol. The van der Waals surface area contributed by atoms with Crippen LogP contribution in [0.1, 0.15) is 6.92 Å². The molecule has 1 atom stereocenters. The van der Waals surface area contributed by atoms with Gasteiger partial charge in [-0.3, -0.25) is 9.69 Å². The van der Waals surface area contributed by atoms with Crippen molar-refractivity contribution in [3.05, 3.63) is 59.1 Å². The number of piperazine rings is 1. The summed E-state index contributed by atoms with van der Waals surface area (Å²) in [6.07, 6.45) is 0. The average molecular weight is 456 g/mol. The van der Waals surface area contributed by atoms with Crippen LogP contribution < -0.4 is 10.2 Å². The van der Waals surface area contributed by atoms with Gasteiger partial charge in [0.2, 0.25) is 11.9 Å². The topological polar surface area (TPSA) is 79.2 Å². The lowest BCUT2D eigenvalue weighted by Crippen LogP contribution is -2.53. The van der Waals surface area contributed by atoms with Crippen molar-refractivity contribution in [1.29, 1.82) is 0 Å². The van der Waals surface area contributed by atoms with Gasteiger partial charge in [0.1, 0.15) is 0 Å². The number of hydrogen-bond donors (Lipinski definition) is 1. The van der Waals surface area contributed by atoms with Crippen molar-refractivity contribution in [2.75, 3.05) is 36.4 Å². The van der Waals surface area contributed by atoms with E-state index in [0.29, 0.717) is 0 Å². The molecule has 1 amide bonds. The molecular formula is C20H22BrN7O. The van der Waals surface area contributed by atoms with Gasteiger partial charge in [0, 0.05) is 36.3 Å². The number of anilines is 2. The molecule has 1 aliphatic rings. The molecule has 3 aromatic rings. The van der Waals surface area contributed by atoms with E-state index in [1.54, 1.807) is 4.68 Å². The van der Waals surface area contributed by atoms with Crippen LogP contribution in [-0.2, 0) is 4.79 Å². The first kappa shape index (κ1) is 19.5. The van der Waals surface area contributed by atoms with Gasteiger partial charge < -0.3 is 10.2 Å². The van der Waals surface area contributed by atoms with E-state index < -0.39 is 0 Å². The summed E-state index contributed by atoms with van der Waals surface area (Å²) in [4.78, 5) is 17.0. The predicted octanol–water partition coefficient (Wildman–Crippen LogP) is 2.57. The van der Waals surface area contributed by atoms with Crippen LogP contribution in [-0.4, -0.2) is 63.2 Å². The molecule has 1 aliphatic heterocycles. The van der Waals surface area contributed by atoms with Crippen molar-refractivity contribution >= 4 is 33.5 Å². The molecule has 1 fully saturated rings. The Balaban J connectivity index is 1.37. The van der Waals surface area contributed by atoms with Gasteiger partial charge in [0.25, 0.3) is 0 Å². The summed E-state index contributed by atoms with van der Waals surface area (Å²) in [5.41, 5.74) is 1.72. The normalized spacial score (nSPS) is 15.9. The summed E-state index contributed by atoms with van der Waals surface area (Å²) in [5.74, 6) is 0.716. The predicted molar refractivity (Wildman–Crippen MR) is 115 cm³/mol. The number of rotatable bonds is 5. The van der Waals surface area contributed by atoms with E-state index in [0.717, 1.165) is 48.0 Å². The summed E-state index contributed by atoms with van der Waals surface area (Å²) in [6, 6.07) is 17.2. The fourth-order valence-electron chi connectivity index (χ4n) is 3.40. The number of aromatic nitrogens is 4. The molecule has 1 N–H and O–H groups in total. The lowest BCUT2D eigenvalue weighted by atomic mass is 10.2. The highest BCUT2D eigenvalue weighted by Gasteiger charge is 2.28. The number of nitrogens with zero attached hydrogens (tertiary/aromatic N) is 6. The smallest absolute Gasteiger partial charge is 0.250 e. The number of tetrazole rings is 1. The lowest BCUT2D eigenvalue weighted by molar-refractivity contribution is -0.120. The third kappa shape index (κ3) is 4.46. The Bertz CT molecular complexity index is 970. The summed E-state index contributed by atoms with van der Waals surface area (Å²) in [7, 11) is 0. The van der Waals surface area contributed by atoms with Crippen molar-refractivity contribution in [3.8, 4) is 5.69 Å². The molecular weight excluding hydrogens is 434 g/mol. The first-order chi connectivity index (χ1) is 14.1. The fraction of sp³-hybridized carbons (Fsp3) is 0.300. The Hall–Kier alpha value is -2.78. The molecule has 0 aliphatic carbocycles. The Kier molecular flexibility index (Phi) is 5.86. The molecule has 9 heteroatoms. The highest BCUT2D eigenvalue weighted by Crippen LogP contribution is 2.19. The summed E-state index contributed by atoms with van der Waals surface area (Å²) >= 11 is 3.43. The molecule has 2 aromatic carbocycles. The van der Waals surface area contributed by atoms with Gasteiger partial charge in [-0.05, 0) is 47.7 Å². The zero-order valence-electron chi connectivity index (χ0n) is 16.1. The zero-order valence-corrected chi connectivity index (χ0v) is 17.7. The van der Waals surface area contributed by atoms with E-state index >= 15 is 0 Å². The van der Waals surface area contributed by atoms with Gasteiger partial charge >= 0.3 is 0 Å². The van der Waals surface area contributed by atoms with Crippen LogP contribution in [0.4, 0.5) is 11.6 Å². The van der Waals surface area contributed by atoms with Crippen LogP contribution in [0.2, 0.25) is 0 Å². The van der Waals surface area contributed by atoms with Crippen LogP contribution >= 0.6 is 15.9 Å². The fourth-order valence-corrected chi connectivity index (χ4v) is 3.80. The van der Waals surface area contributed by atoms with E-state index in [4.69, 9.17) is 0 Å². The number of para-hydroxylation sites is 1. The Morgan fingerprint density at radius 3 is 2.55 bits per heavy atom. The number of halogens is 1. The second kappa shape index (κ2) is 8.71. The minimum Gasteiger partial charge on any atom is -0.337 e. The Morgan fingerprint density at radius 1 is 1.07 bits per heavy atom. The largest absolute Gasteiger partial charge is 0.337 e. The van der Waals surface area contributed by atoms with Gasteiger partial charge in [-0.15, -0.1) is 0 Å². The first-order valence-electron chi connectivity index (χ1n) is 9.51. The van der Waals surface area contributed by atoms with Crippen LogP contribution in [0.5, 0.6) is 0 Å². The van der Waals surface area contributed by atoms with Crippen LogP contribution in [0, 0.1) is 0 Å². The molecule has 2 heterocycles. The summed E-state index contributed by atoms with van der Waals surface area (Å²) in [6.45, 7) is 4.96. The SMILES string of the molecule is CC(C(=O)Nc1cccc(Br)c1)N1CCN(c2nnnn2-c2ccccc2)CC1. The van der Waals surface area contributed by atoms with Gasteiger partial charge in [-0.2, -0.15) is 4.68 Å². The standard InChI is InChI=1S/C20H22BrN7O/c1-15(19(29)22-17-7-5-6-16(21)14-17)26-10-12-27(13-11-26)20-23-24-25-28(20)18-8-3-2-4-9-18/h2-9,14-15H,10-13H2,1H3,(H,22,29). The maximum atomic E-state index is 12.7. The van der Waals surface area contributed by atoms with Gasteiger partial charge in [-0.1, -0.05) is 45.3 Å². The maximum Gasteiger partial charge on any atom is 0.250 e. The van der Waals surface area contributed by atoms with Gasteiger partial charge in [0.05, 0.1) is 11.7 Å². The average Bonchev–Trinajstić information content (AvgIpc) is 3.24. The summed E-state index contributed by atoms with van der Waals surface area (Å²) in [5, 5.41) is 15.2.